The number of hydrogen-bond acceptors (Lipinski definition) is 6. The first-order valence-corrected chi connectivity index (χ1v) is 7.41. The second kappa shape index (κ2) is 6.45. The third kappa shape index (κ3) is 3.63. The molecule has 4 N–H and O–H groups in total. The molecule has 0 unspecified atom stereocenters. The van der Waals surface area contributed by atoms with Gasteiger partial charge in [-0.25, -0.2) is 4.98 Å². The molecular formula is C14H19N5OS. The predicted molar refractivity (Wildman–Crippen MR) is 89.4 cm³/mol. The third-order valence-electron chi connectivity index (χ3n) is 2.81. The minimum absolute atomic E-state index is 0.245. The number of hydrogen-bond donors (Lipinski definition) is 3. The van der Waals surface area contributed by atoms with Gasteiger partial charge in [0.25, 0.3) is 5.91 Å². The minimum Gasteiger partial charge on any atom is -0.382 e. The van der Waals surface area contributed by atoms with E-state index in [9.17, 15) is 4.79 Å². The molecular weight excluding hydrogens is 286 g/mol. The van der Waals surface area contributed by atoms with Crippen LogP contribution in [0.15, 0.2) is 24.3 Å². The summed E-state index contributed by atoms with van der Waals surface area (Å²) in [6.07, 6.45) is 0. The number of thiazole rings is 1. The number of benzene rings is 1. The van der Waals surface area contributed by atoms with Crippen molar-refractivity contribution >= 4 is 39.6 Å². The van der Waals surface area contributed by atoms with Gasteiger partial charge in [-0.2, -0.15) is 0 Å². The molecule has 0 aliphatic rings. The Labute approximate surface area is 128 Å². The number of nitrogens with zero attached hydrogens (tertiary/aromatic N) is 2. The summed E-state index contributed by atoms with van der Waals surface area (Å²) >= 11 is 1.25. The van der Waals surface area contributed by atoms with E-state index in [-0.39, 0.29) is 11.7 Å². The van der Waals surface area contributed by atoms with Gasteiger partial charge >= 0.3 is 0 Å². The number of nitrogens with one attached hydrogen (secondary N) is 2. The third-order valence-corrected chi connectivity index (χ3v) is 3.84. The number of anilines is 4. The summed E-state index contributed by atoms with van der Waals surface area (Å²) in [6, 6.07) is 7.61. The second-order valence-electron chi connectivity index (χ2n) is 4.66. The Balaban J connectivity index is 2.16. The lowest BCUT2D eigenvalue weighted by molar-refractivity contribution is 0.103. The van der Waals surface area contributed by atoms with Gasteiger partial charge in [0.2, 0.25) is 0 Å². The lowest BCUT2D eigenvalue weighted by Gasteiger charge is -2.13. The minimum atomic E-state index is -0.245. The van der Waals surface area contributed by atoms with Crippen LogP contribution in [0.5, 0.6) is 0 Å². The fraction of sp³-hybridized carbons (Fsp3) is 0.286. The van der Waals surface area contributed by atoms with Gasteiger partial charge < -0.3 is 21.3 Å². The van der Waals surface area contributed by atoms with E-state index in [0.717, 1.165) is 17.9 Å². The van der Waals surface area contributed by atoms with Crippen LogP contribution in [0.3, 0.4) is 0 Å². The molecule has 0 radical (unpaired) electrons. The van der Waals surface area contributed by atoms with Crippen LogP contribution < -0.4 is 21.3 Å². The molecule has 0 saturated carbocycles. The van der Waals surface area contributed by atoms with Crippen molar-refractivity contribution in [3.05, 3.63) is 29.1 Å². The molecule has 7 heteroatoms. The zero-order chi connectivity index (χ0) is 15.4. The standard InChI is InChI=1S/C14H19N5OS/c1-4-16-14-18-12(15)11(21-14)13(20)17-9-6-5-7-10(8-9)19(2)3/h5-8H,4,15H2,1-3H3,(H,16,18)(H,17,20). The molecule has 1 amide bonds. The molecule has 21 heavy (non-hydrogen) atoms. The van der Waals surface area contributed by atoms with Gasteiger partial charge in [0.05, 0.1) is 0 Å². The maximum Gasteiger partial charge on any atom is 0.269 e. The van der Waals surface area contributed by atoms with Crippen LogP contribution in [0.4, 0.5) is 22.3 Å². The number of carbonyl (C=O) groups excluding carboxylic acids is 1. The fourth-order valence-electron chi connectivity index (χ4n) is 1.77. The van der Waals surface area contributed by atoms with Gasteiger partial charge in [-0.15, -0.1) is 0 Å². The molecule has 1 heterocycles. The van der Waals surface area contributed by atoms with Crippen LogP contribution >= 0.6 is 11.3 Å². The van der Waals surface area contributed by atoms with Crippen molar-refractivity contribution in [3.63, 3.8) is 0 Å². The van der Waals surface area contributed by atoms with Crippen molar-refractivity contribution in [2.75, 3.05) is 41.9 Å². The number of aromatic nitrogens is 1. The van der Waals surface area contributed by atoms with Crippen molar-refractivity contribution in [1.82, 2.24) is 4.98 Å². The molecule has 0 bridgehead atoms. The van der Waals surface area contributed by atoms with Crippen LogP contribution in [0.2, 0.25) is 0 Å². The van der Waals surface area contributed by atoms with Crippen molar-refractivity contribution in [2.45, 2.75) is 6.92 Å². The van der Waals surface area contributed by atoms with Gasteiger partial charge in [0, 0.05) is 32.0 Å². The SMILES string of the molecule is CCNc1nc(N)c(C(=O)Nc2cccc(N(C)C)c2)s1. The molecule has 0 atom stereocenters. The Morgan fingerprint density at radius 1 is 1.43 bits per heavy atom. The van der Waals surface area contributed by atoms with Gasteiger partial charge in [0.15, 0.2) is 5.13 Å². The summed E-state index contributed by atoms with van der Waals surface area (Å²) in [6.45, 7) is 2.70. The van der Waals surface area contributed by atoms with E-state index >= 15 is 0 Å². The molecule has 0 aliphatic heterocycles. The van der Waals surface area contributed by atoms with Crippen molar-refractivity contribution in [3.8, 4) is 0 Å². The van der Waals surface area contributed by atoms with Gasteiger partial charge in [0.1, 0.15) is 10.7 Å². The molecule has 1 aromatic heterocycles. The van der Waals surface area contributed by atoms with Crippen molar-refractivity contribution in [2.24, 2.45) is 0 Å². The Hall–Kier alpha value is -2.28. The average Bonchev–Trinajstić information content (AvgIpc) is 2.80. The highest BCUT2D eigenvalue weighted by molar-refractivity contribution is 7.18. The molecule has 2 rings (SSSR count). The Bertz CT molecular complexity index is 638. The summed E-state index contributed by atoms with van der Waals surface area (Å²) in [5, 5.41) is 6.55. The maximum absolute atomic E-state index is 12.3. The zero-order valence-corrected chi connectivity index (χ0v) is 13.1. The summed E-state index contributed by atoms with van der Waals surface area (Å²) in [4.78, 5) is 18.8. The van der Waals surface area contributed by atoms with E-state index in [1.807, 2.05) is 50.2 Å². The van der Waals surface area contributed by atoms with Crippen LogP contribution in [0.25, 0.3) is 0 Å². The summed E-state index contributed by atoms with van der Waals surface area (Å²) < 4.78 is 0. The fourth-order valence-corrected chi connectivity index (χ4v) is 2.62. The average molecular weight is 305 g/mol. The highest BCUT2D eigenvalue weighted by atomic mass is 32.1. The Kier molecular flexibility index (Phi) is 4.64. The summed E-state index contributed by atoms with van der Waals surface area (Å²) in [5.74, 6) is 0.00210. The number of amides is 1. The van der Waals surface area contributed by atoms with Crippen LogP contribution in [-0.4, -0.2) is 31.5 Å². The van der Waals surface area contributed by atoms with Gasteiger partial charge in [-0.05, 0) is 25.1 Å². The van der Waals surface area contributed by atoms with Crippen LogP contribution in [0.1, 0.15) is 16.6 Å². The second-order valence-corrected chi connectivity index (χ2v) is 5.66. The van der Waals surface area contributed by atoms with E-state index in [1.54, 1.807) is 0 Å². The monoisotopic (exact) mass is 305 g/mol. The molecule has 0 aliphatic carbocycles. The quantitative estimate of drug-likeness (QED) is 0.790. The van der Waals surface area contributed by atoms with Crippen LogP contribution in [-0.2, 0) is 0 Å². The van der Waals surface area contributed by atoms with E-state index in [4.69, 9.17) is 5.73 Å². The first-order chi connectivity index (χ1) is 10.0. The predicted octanol–water partition coefficient (Wildman–Crippen LogP) is 2.48. The number of rotatable bonds is 5. The lowest BCUT2D eigenvalue weighted by Crippen LogP contribution is -2.13. The van der Waals surface area contributed by atoms with Gasteiger partial charge in [-0.1, -0.05) is 17.4 Å². The normalized spacial score (nSPS) is 10.2. The highest BCUT2D eigenvalue weighted by Crippen LogP contribution is 2.26. The highest BCUT2D eigenvalue weighted by Gasteiger charge is 2.16. The molecule has 112 valence electrons. The molecule has 6 nitrogen and oxygen atoms in total. The molecule has 1 aromatic carbocycles. The number of nitrogens with two attached hydrogens (primary N) is 1. The molecule has 0 saturated heterocycles. The molecule has 0 fully saturated rings. The molecule has 2 aromatic rings. The Morgan fingerprint density at radius 3 is 2.86 bits per heavy atom. The van der Waals surface area contributed by atoms with Crippen molar-refractivity contribution < 1.29 is 4.79 Å². The first-order valence-electron chi connectivity index (χ1n) is 6.60. The largest absolute Gasteiger partial charge is 0.382 e. The van der Waals surface area contributed by atoms with E-state index in [2.05, 4.69) is 15.6 Å². The first kappa shape index (κ1) is 15.1. The Morgan fingerprint density at radius 2 is 2.19 bits per heavy atom. The van der Waals surface area contributed by atoms with Crippen molar-refractivity contribution in [1.29, 1.82) is 0 Å². The van der Waals surface area contributed by atoms with E-state index in [0.29, 0.717) is 10.0 Å². The number of carbonyl (C=O) groups is 1. The lowest BCUT2D eigenvalue weighted by atomic mass is 10.2. The number of nitrogen functional groups attached to an aromatic ring is 1. The van der Waals surface area contributed by atoms with E-state index in [1.165, 1.54) is 11.3 Å². The summed E-state index contributed by atoms with van der Waals surface area (Å²) in [5.41, 5.74) is 7.53. The summed E-state index contributed by atoms with van der Waals surface area (Å²) in [7, 11) is 3.90. The van der Waals surface area contributed by atoms with E-state index < -0.39 is 0 Å². The molecule has 0 spiro atoms. The maximum atomic E-state index is 12.3. The smallest absolute Gasteiger partial charge is 0.269 e. The zero-order valence-electron chi connectivity index (χ0n) is 12.3. The topological polar surface area (TPSA) is 83.3 Å². The van der Waals surface area contributed by atoms with Gasteiger partial charge in [-0.3, -0.25) is 4.79 Å². The van der Waals surface area contributed by atoms with Crippen LogP contribution in [0, 0.1) is 0 Å².